The molecule has 1 aromatic carbocycles. The van der Waals surface area contributed by atoms with Crippen LogP contribution in [0.15, 0.2) is 28.5 Å². The van der Waals surface area contributed by atoms with Gasteiger partial charge in [0, 0.05) is 5.71 Å². The smallest absolute Gasteiger partial charge is 0.175 e. The molecule has 0 fully saturated rings. The van der Waals surface area contributed by atoms with Crippen molar-refractivity contribution in [1.29, 1.82) is 0 Å². The molecule has 84 valence electrons. The molecule has 0 saturated heterocycles. The van der Waals surface area contributed by atoms with Crippen molar-refractivity contribution in [1.82, 2.24) is 0 Å². The maximum Gasteiger partial charge on any atom is 0.175 e. The molecule has 0 aliphatic carbocycles. The highest BCUT2D eigenvalue weighted by Gasteiger charge is 2.21. The van der Waals surface area contributed by atoms with Crippen LogP contribution < -0.4 is 5.01 Å². The Morgan fingerprint density at radius 3 is 2.62 bits per heavy atom. The van der Waals surface area contributed by atoms with Crippen LogP contribution in [0.25, 0.3) is 0 Å². The first-order valence-corrected chi connectivity index (χ1v) is 5.24. The first kappa shape index (κ1) is 10.7. The standard InChI is InChI=1S/C12H15N3O/c1-8-4-5-11(6-9(8)2)15-12(14-16)7-10(3)13-15/h4-6,16H,7H2,1-3H3/b14-12-. The van der Waals surface area contributed by atoms with Gasteiger partial charge >= 0.3 is 0 Å². The molecule has 16 heavy (non-hydrogen) atoms. The first-order chi connectivity index (χ1) is 7.61. The fourth-order valence-electron chi connectivity index (χ4n) is 1.71. The molecule has 0 amide bonds. The quantitative estimate of drug-likeness (QED) is 0.580. The Balaban J connectivity index is 2.40. The highest BCUT2D eigenvalue weighted by atomic mass is 16.4. The summed E-state index contributed by atoms with van der Waals surface area (Å²) in [4.78, 5) is 0. The summed E-state index contributed by atoms with van der Waals surface area (Å²) in [5, 5.41) is 18.2. The van der Waals surface area contributed by atoms with Crippen molar-refractivity contribution in [2.24, 2.45) is 10.3 Å². The molecule has 0 spiro atoms. The molecule has 0 unspecified atom stereocenters. The lowest BCUT2D eigenvalue weighted by molar-refractivity contribution is 0.317. The van der Waals surface area contributed by atoms with Crippen LogP contribution in [0.4, 0.5) is 5.69 Å². The number of amidine groups is 1. The molecule has 4 heteroatoms. The highest BCUT2D eigenvalue weighted by molar-refractivity contribution is 6.14. The van der Waals surface area contributed by atoms with Crippen LogP contribution in [0, 0.1) is 13.8 Å². The van der Waals surface area contributed by atoms with Crippen LogP contribution in [0.2, 0.25) is 0 Å². The summed E-state index contributed by atoms with van der Waals surface area (Å²) in [6.45, 7) is 6.05. The minimum Gasteiger partial charge on any atom is -0.409 e. The Kier molecular flexibility index (Phi) is 2.64. The molecular formula is C12H15N3O. The molecule has 0 atom stereocenters. The Labute approximate surface area is 94.9 Å². The third-order valence-corrected chi connectivity index (χ3v) is 2.78. The maximum atomic E-state index is 8.91. The van der Waals surface area contributed by atoms with Gasteiger partial charge in [-0.2, -0.15) is 5.10 Å². The van der Waals surface area contributed by atoms with Crippen LogP contribution in [-0.4, -0.2) is 16.8 Å². The molecule has 1 aliphatic heterocycles. The molecule has 0 saturated carbocycles. The van der Waals surface area contributed by atoms with Crippen LogP contribution >= 0.6 is 0 Å². The van der Waals surface area contributed by atoms with Crippen LogP contribution in [0.3, 0.4) is 0 Å². The van der Waals surface area contributed by atoms with Gasteiger partial charge < -0.3 is 5.21 Å². The minimum atomic E-state index is 0.570. The summed E-state index contributed by atoms with van der Waals surface area (Å²) in [5.74, 6) is 0.570. The number of hydrogen-bond acceptors (Lipinski definition) is 3. The molecule has 1 aromatic rings. The first-order valence-electron chi connectivity index (χ1n) is 5.24. The normalized spacial score (nSPS) is 18.1. The number of benzene rings is 1. The summed E-state index contributed by atoms with van der Waals surface area (Å²) in [6, 6.07) is 6.07. The number of anilines is 1. The third kappa shape index (κ3) is 1.78. The molecule has 1 heterocycles. The van der Waals surface area contributed by atoms with Crippen molar-refractivity contribution in [3.8, 4) is 0 Å². The van der Waals surface area contributed by atoms with E-state index in [0.29, 0.717) is 12.3 Å². The Morgan fingerprint density at radius 1 is 1.25 bits per heavy atom. The lowest BCUT2D eigenvalue weighted by Crippen LogP contribution is -2.20. The van der Waals surface area contributed by atoms with E-state index in [1.807, 2.05) is 25.1 Å². The molecular weight excluding hydrogens is 202 g/mol. The molecule has 0 bridgehead atoms. The largest absolute Gasteiger partial charge is 0.409 e. The van der Waals surface area contributed by atoms with Crippen molar-refractivity contribution in [3.63, 3.8) is 0 Å². The van der Waals surface area contributed by atoms with Crippen molar-refractivity contribution >= 4 is 17.2 Å². The number of nitrogens with zero attached hydrogens (tertiary/aromatic N) is 3. The summed E-state index contributed by atoms with van der Waals surface area (Å²) in [6.07, 6.45) is 0.601. The van der Waals surface area contributed by atoms with Gasteiger partial charge in [-0.05, 0) is 44.0 Å². The maximum absolute atomic E-state index is 8.91. The van der Waals surface area contributed by atoms with Crippen LogP contribution in [0.1, 0.15) is 24.5 Å². The van der Waals surface area contributed by atoms with E-state index < -0.39 is 0 Å². The fourth-order valence-corrected chi connectivity index (χ4v) is 1.71. The van der Waals surface area contributed by atoms with E-state index in [1.54, 1.807) is 5.01 Å². The van der Waals surface area contributed by atoms with Gasteiger partial charge in [0.15, 0.2) is 5.84 Å². The SMILES string of the molecule is CC1=NN(c2ccc(C)c(C)c2)/C(=N\O)C1. The fraction of sp³-hybridized carbons (Fsp3) is 0.333. The topological polar surface area (TPSA) is 48.2 Å². The van der Waals surface area contributed by atoms with Crippen LogP contribution in [-0.2, 0) is 0 Å². The lowest BCUT2D eigenvalue weighted by Gasteiger charge is -2.15. The number of aryl methyl sites for hydroxylation is 2. The van der Waals surface area contributed by atoms with E-state index in [9.17, 15) is 0 Å². The van der Waals surface area contributed by atoms with Gasteiger partial charge in [-0.3, -0.25) is 0 Å². The van der Waals surface area contributed by atoms with Gasteiger partial charge in [-0.25, -0.2) is 5.01 Å². The molecule has 0 radical (unpaired) electrons. The number of hydrogen-bond donors (Lipinski definition) is 1. The zero-order valence-electron chi connectivity index (χ0n) is 9.73. The Bertz CT molecular complexity index is 477. The predicted molar refractivity (Wildman–Crippen MR) is 65.3 cm³/mol. The van der Waals surface area contributed by atoms with Gasteiger partial charge in [0.1, 0.15) is 0 Å². The van der Waals surface area contributed by atoms with Gasteiger partial charge in [0.05, 0.1) is 12.1 Å². The van der Waals surface area contributed by atoms with E-state index >= 15 is 0 Å². The zero-order valence-corrected chi connectivity index (χ0v) is 9.73. The highest BCUT2D eigenvalue weighted by Crippen LogP contribution is 2.23. The van der Waals surface area contributed by atoms with Gasteiger partial charge in [-0.1, -0.05) is 11.2 Å². The van der Waals surface area contributed by atoms with E-state index in [1.165, 1.54) is 11.1 Å². The average Bonchev–Trinajstić information content (AvgIpc) is 2.63. The van der Waals surface area contributed by atoms with E-state index in [-0.39, 0.29) is 0 Å². The number of rotatable bonds is 1. The second-order valence-corrected chi connectivity index (χ2v) is 4.11. The van der Waals surface area contributed by atoms with Crippen molar-refractivity contribution in [2.75, 3.05) is 5.01 Å². The summed E-state index contributed by atoms with van der Waals surface area (Å²) >= 11 is 0. The number of hydrazone groups is 1. The monoisotopic (exact) mass is 217 g/mol. The molecule has 2 rings (SSSR count). The van der Waals surface area contributed by atoms with E-state index in [0.717, 1.165) is 11.4 Å². The molecule has 4 nitrogen and oxygen atoms in total. The van der Waals surface area contributed by atoms with Crippen LogP contribution in [0.5, 0.6) is 0 Å². The minimum absolute atomic E-state index is 0.570. The van der Waals surface area contributed by atoms with Crippen molar-refractivity contribution in [3.05, 3.63) is 29.3 Å². The zero-order chi connectivity index (χ0) is 11.7. The van der Waals surface area contributed by atoms with Gasteiger partial charge in [-0.15, -0.1) is 0 Å². The van der Waals surface area contributed by atoms with E-state index in [4.69, 9.17) is 5.21 Å². The summed E-state index contributed by atoms with van der Waals surface area (Å²) in [7, 11) is 0. The molecule has 1 aliphatic rings. The van der Waals surface area contributed by atoms with Gasteiger partial charge in [0.2, 0.25) is 0 Å². The second kappa shape index (κ2) is 3.96. The van der Waals surface area contributed by atoms with Gasteiger partial charge in [0.25, 0.3) is 0 Å². The van der Waals surface area contributed by atoms with E-state index in [2.05, 4.69) is 24.1 Å². The number of oxime groups is 1. The lowest BCUT2D eigenvalue weighted by atomic mass is 10.1. The summed E-state index contributed by atoms with van der Waals surface area (Å²) < 4.78 is 0. The third-order valence-electron chi connectivity index (χ3n) is 2.78. The molecule has 1 N–H and O–H groups in total. The second-order valence-electron chi connectivity index (χ2n) is 4.11. The Hall–Kier alpha value is -1.84. The van der Waals surface area contributed by atoms with Crippen molar-refractivity contribution < 1.29 is 5.21 Å². The molecule has 0 aromatic heterocycles. The summed E-state index contributed by atoms with van der Waals surface area (Å²) in [5.41, 5.74) is 4.33. The average molecular weight is 217 g/mol. The van der Waals surface area contributed by atoms with Crippen molar-refractivity contribution in [2.45, 2.75) is 27.2 Å². The predicted octanol–water partition coefficient (Wildman–Crippen LogP) is 2.68. The Morgan fingerprint density at radius 2 is 2.00 bits per heavy atom.